The lowest BCUT2D eigenvalue weighted by Crippen LogP contribution is -2.51. The average molecular weight is 577 g/mol. The Hall–Kier alpha value is -2.71. The predicted octanol–water partition coefficient (Wildman–Crippen LogP) is 4.25. The molecule has 9 nitrogen and oxygen atoms in total. The number of hydrogen-bond acceptors (Lipinski definition) is 9. The van der Waals surface area contributed by atoms with Crippen LogP contribution in [0.1, 0.15) is 32.3 Å². The van der Waals surface area contributed by atoms with Crippen molar-refractivity contribution in [3.63, 3.8) is 0 Å². The summed E-state index contributed by atoms with van der Waals surface area (Å²) < 4.78 is 45.0. The molecule has 3 aromatic rings. The Morgan fingerprint density at radius 3 is 2.40 bits per heavy atom. The van der Waals surface area contributed by atoms with Crippen LogP contribution in [0.2, 0.25) is 0 Å². The standard InChI is InChI=1S/C27H35F3N8OS/c1-26(2,39)18-37-17-19(15-33-37)24-23(27(28,29)30)16-32-25(35-24)34-20-3-5-22(6-4-20)40-38-11-7-21(8-12-38)36-13-9-31-10-14-36/h3-6,15-17,21,31,39H,7-14,18H2,1-2H3,(H,32,34,35). The molecule has 2 aromatic heterocycles. The monoisotopic (exact) mass is 576 g/mol. The summed E-state index contributed by atoms with van der Waals surface area (Å²) in [5.74, 6) is 0.0497. The molecule has 5 rings (SSSR count). The quantitative estimate of drug-likeness (QED) is 0.340. The average Bonchev–Trinajstić information content (AvgIpc) is 3.37. The number of halogens is 3. The maximum absolute atomic E-state index is 13.7. The van der Waals surface area contributed by atoms with E-state index in [4.69, 9.17) is 0 Å². The molecule has 2 aliphatic heterocycles. The fourth-order valence-electron chi connectivity index (χ4n) is 5.06. The molecule has 1 aromatic carbocycles. The van der Waals surface area contributed by atoms with Gasteiger partial charge in [0, 0.05) is 73.9 Å². The van der Waals surface area contributed by atoms with E-state index in [1.165, 1.54) is 17.1 Å². The number of rotatable bonds is 8. The van der Waals surface area contributed by atoms with Gasteiger partial charge in [-0.3, -0.25) is 9.58 Å². The first kappa shape index (κ1) is 28.8. The fraction of sp³-hybridized carbons (Fsp3) is 0.519. The predicted molar refractivity (Wildman–Crippen MR) is 149 cm³/mol. The third-order valence-corrected chi connectivity index (χ3v) is 8.09. The smallest absolute Gasteiger partial charge is 0.389 e. The minimum absolute atomic E-state index is 0.0497. The third-order valence-electron chi connectivity index (χ3n) is 6.99. The van der Waals surface area contributed by atoms with E-state index < -0.39 is 17.3 Å². The Morgan fingerprint density at radius 2 is 1.75 bits per heavy atom. The second kappa shape index (κ2) is 12.0. The van der Waals surface area contributed by atoms with Crippen molar-refractivity contribution in [3.8, 4) is 11.3 Å². The first-order chi connectivity index (χ1) is 19.0. The topological polar surface area (TPSA) is 94.4 Å². The van der Waals surface area contributed by atoms with Crippen molar-refractivity contribution in [2.75, 3.05) is 44.6 Å². The van der Waals surface area contributed by atoms with Crippen LogP contribution >= 0.6 is 11.9 Å². The highest BCUT2D eigenvalue weighted by atomic mass is 32.2. The molecule has 0 unspecified atom stereocenters. The zero-order valence-electron chi connectivity index (χ0n) is 22.7. The van der Waals surface area contributed by atoms with E-state index >= 15 is 0 Å². The molecule has 40 heavy (non-hydrogen) atoms. The van der Waals surface area contributed by atoms with Gasteiger partial charge < -0.3 is 15.7 Å². The van der Waals surface area contributed by atoms with Gasteiger partial charge in [0.25, 0.3) is 0 Å². The molecule has 0 spiro atoms. The molecular formula is C27H35F3N8OS. The summed E-state index contributed by atoms with van der Waals surface area (Å²) in [5.41, 5.74) is -1.43. The minimum atomic E-state index is -4.63. The van der Waals surface area contributed by atoms with Crippen molar-refractivity contribution < 1.29 is 18.3 Å². The Kier molecular flexibility index (Phi) is 8.66. The first-order valence-electron chi connectivity index (χ1n) is 13.5. The lowest BCUT2D eigenvalue weighted by Gasteiger charge is -2.39. The lowest BCUT2D eigenvalue weighted by molar-refractivity contribution is -0.137. The van der Waals surface area contributed by atoms with Gasteiger partial charge in [0.2, 0.25) is 5.95 Å². The zero-order chi connectivity index (χ0) is 28.3. The van der Waals surface area contributed by atoms with Gasteiger partial charge in [0.05, 0.1) is 24.0 Å². The highest BCUT2D eigenvalue weighted by Gasteiger charge is 2.36. The molecular weight excluding hydrogens is 541 g/mol. The molecule has 0 amide bonds. The Balaban J connectivity index is 1.23. The maximum Gasteiger partial charge on any atom is 0.419 e. The molecule has 13 heteroatoms. The lowest BCUT2D eigenvalue weighted by atomic mass is 10.0. The van der Waals surface area contributed by atoms with Crippen LogP contribution in [0.3, 0.4) is 0 Å². The summed E-state index contributed by atoms with van der Waals surface area (Å²) in [6, 6.07) is 8.38. The number of benzene rings is 1. The SMILES string of the molecule is CC(C)(O)Cn1cc(-c2nc(Nc3ccc(SN4CCC(N5CCNCC5)CC4)cc3)ncc2C(F)(F)F)cn1. The van der Waals surface area contributed by atoms with E-state index in [1.54, 1.807) is 25.8 Å². The largest absolute Gasteiger partial charge is 0.419 e. The number of nitrogens with zero attached hydrogens (tertiary/aromatic N) is 6. The second-order valence-electron chi connectivity index (χ2n) is 10.9. The van der Waals surface area contributed by atoms with E-state index in [0.29, 0.717) is 11.7 Å². The van der Waals surface area contributed by atoms with Crippen LogP contribution in [0.5, 0.6) is 0 Å². The number of piperazine rings is 1. The van der Waals surface area contributed by atoms with Gasteiger partial charge in [0.15, 0.2) is 0 Å². The van der Waals surface area contributed by atoms with E-state index in [0.717, 1.165) is 63.2 Å². The van der Waals surface area contributed by atoms with Crippen LogP contribution in [0, 0.1) is 0 Å². The van der Waals surface area contributed by atoms with Crippen LogP contribution in [0.25, 0.3) is 11.3 Å². The third kappa shape index (κ3) is 7.52. The van der Waals surface area contributed by atoms with E-state index in [1.807, 2.05) is 24.3 Å². The maximum atomic E-state index is 13.7. The molecule has 3 N–H and O–H groups in total. The number of aliphatic hydroxyl groups is 1. The summed E-state index contributed by atoms with van der Waals surface area (Å²) in [6.45, 7) is 9.80. The van der Waals surface area contributed by atoms with E-state index in [9.17, 15) is 18.3 Å². The van der Waals surface area contributed by atoms with Gasteiger partial charge in [0.1, 0.15) is 5.56 Å². The van der Waals surface area contributed by atoms with Crippen molar-refractivity contribution in [1.82, 2.24) is 34.3 Å². The Labute approximate surface area is 236 Å². The minimum Gasteiger partial charge on any atom is -0.389 e. The normalized spacial score (nSPS) is 18.2. The van der Waals surface area contributed by atoms with Crippen LogP contribution in [-0.2, 0) is 12.7 Å². The molecule has 0 aliphatic carbocycles. The molecule has 2 aliphatic rings. The molecule has 0 saturated carbocycles. The van der Waals surface area contributed by atoms with Crippen molar-refractivity contribution in [2.24, 2.45) is 0 Å². The van der Waals surface area contributed by atoms with Gasteiger partial charge in [-0.2, -0.15) is 18.3 Å². The summed E-state index contributed by atoms with van der Waals surface area (Å²) in [6.07, 6.45) is 1.23. The molecule has 0 radical (unpaired) electrons. The van der Waals surface area contributed by atoms with Gasteiger partial charge >= 0.3 is 6.18 Å². The highest BCUT2D eigenvalue weighted by Crippen LogP contribution is 2.36. The molecule has 2 fully saturated rings. The molecule has 4 heterocycles. The molecule has 2 saturated heterocycles. The Bertz CT molecular complexity index is 1260. The molecule has 0 atom stereocenters. The number of aromatic nitrogens is 4. The number of anilines is 2. The highest BCUT2D eigenvalue weighted by molar-refractivity contribution is 7.97. The zero-order valence-corrected chi connectivity index (χ0v) is 23.5. The summed E-state index contributed by atoms with van der Waals surface area (Å²) in [7, 11) is 0. The van der Waals surface area contributed by atoms with Gasteiger partial charge in [-0.25, -0.2) is 14.3 Å². The number of nitrogens with one attached hydrogen (secondary N) is 2. The molecule has 0 bridgehead atoms. The molecule has 216 valence electrons. The number of hydrogen-bond donors (Lipinski definition) is 3. The van der Waals surface area contributed by atoms with Crippen LogP contribution in [0.4, 0.5) is 24.8 Å². The Morgan fingerprint density at radius 1 is 1.05 bits per heavy atom. The van der Waals surface area contributed by atoms with E-state index in [-0.39, 0.29) is 23.8 Å². The summed E-state index contributed by atoms with van der Waals surface area (Å²) >= 11 is 1.73. The van der Waals surface area contributed by atoms with Crippen molar-refractivity contribution in [3.05, 3.63) is 48.4 Å². The van der Waals surface area contributed by atoms with Gasteiger partial charge in [-0.1, -0.05) is 0 Å². The first-order valence-corrected chi connectivity index (χ1v) is 14.2. The summed E-state index contributed by atoms with van der Waals surface area (Å²) in [4.78, 5) is 11.8. The van der Waals surface area contributed by atoms with Crippen LogP contribution < -0.4 is 10.6 Å². The van der Waals surface area contributed by atoms with Crippen molar-refractivity contribution in [1.29, 1.82) is 0 Å². The van der Waals surface area contributed by atoms with Crippen molar-refractivity contribution in [2.45, 2.75) is 55.9 Å². The number of alkyl halides is 3. The van der Waals surface area contributed by atoms with Gasteiger partial charge in [-0.05, 0) is 62.9 Å². The summed E-state index contributed by atoms with van der Waals surface area (Å²) in [5, 5.41) is 20.6. The number of piperidine rings is 1. The van der Waals surface area contributed by atoms with Crippen LogP contribution in [-0.4, -0.2) is 85.0 Å². The van der Waals surface area contributed by atoms with Crippen LogP contribution in [0.15, 0.2) is 47.8 Å². The van der Waals surface area contributed by atoms with Gasteiger partial charge in [-0.15, -0.1) is 0 Å². The van der Waals surface area contributed by atoms with Crippen molar-refractivity contribution >= 4 is 23.6 Å². The van der Waals surface area contributed by atoms with E-state index in [2.05, 4.69) is 34.9 Å². The second-order valence-corrected chi connectivity index (χ2v) is 12.0. The fourth-order valence-corrected chi connectivity index (χ4v) is 6.01.